The minimum absolute atomic E-state index is 0.245. The predicted molar refractivity (Wildman–Crippen MR) is 364 cm³/mol. The van der Waals surface area contributed by atoms with Gasteiger partial charge in [0.2, 0.25) is 0 Å². The van der Waals surface area contributed by atoms with Crippen molar-refractivity contribution in [2.45, 2.75) is 31.2 Å². The molecule has 12 aromatic carbocycles. The molecule has 17 rings (SSSR count). The first-order chi connectivity index (χ1) is 42.5. The second-order valence-electron chi connectivity index (χ2n) is 23.3. The van der Waals surface area contributed by atoms with E-state index in [1.54, 1.807) is 0 Å². The van der Waals surface area contributed by atoms with E-state index < -0.39 is 5.54 Å². The summed E-state index contributed by atoms with van der Waals surface area (Å²) in [6.45, 7) is 2.42. The lowest BCUT2D eigenvalue weighted by molar-refractivity contribution is 0.609. The minimum atomic E-state index is -0.528. The van der Waals surface area contributed by atoms with Crippen LogP contribution in [0.4, 0.5) is 28.4 Å². The van der Waals surface area contributed by atoms with E-state index in [9.17, 15) is 0 Å². The molecule has 3 aromatic heterocycles. The summed E-state index contributed by atoms with van der Waals surface area (Å²) in [5, 5.41) is 11.9. The molecule has 2 aliphatic rings. The monoisotopic (exact) mass is 1120 g/mol. The Balaban J connectivity index is 0.889. The molecule has 3 heterocycles. The van der Waals surface area contributed by atoms with Gasteiger partial charge in [-0.15, -0.1) is 11.3 Å². The van der Waals surface area contributed by atoms with Crippen molar-refractivity contribution in [2.75, 3.05) is 9.80 Å². The highest BCUT2D eigenvalue weighted by molar-refractivity contribution is 7.18. The second-order valence-corrected chi connectivity index (χ2v) is 24.3. The summed E-state index contributed by atoms with van der Waals surface area (Å²) in [6.07, 6.45) is 15.8. The summed E-state index contributed by atoms with van der Waals surface area (Å²) in [5.74, 6) is 0.245. The van der Waals surface area contributed by atoms with Crippen molar-refractivity contribution in [2.24, 2.45) is 0 Å². The molecular formula is C81H56N2O2S. The van der Waals surface area contributed by atoms with Crippen LogP contribution in [-0.4, -0.2) is 5.54 Å². The third kappa shape index (κ3) is 8.25. The molecule has 5 heteroatoms. The summed E-state index contributed by atoms with van der Waals surface area (Å²) in [4.78, 5) is 5.01. The first-order valence-electron chi connectivity index (χ1n) is 29.8. The molecule has 408 valence electrons. The van der Waals surface area contributed by atoms with Gasteiger partial charge in [-0.25, -0.2) is 0 Å². The van der Waals surface area contributed by atoms with Crippen LogP contribution in [-0.2, 0) is 0 Å². The van der Waals surface area contributed by atoms with Crippen molar-refractivity contribution < 1.29 is 8.83 Å². The van der Waals surface area contributed by atoms with E-state index >= 15 is 0 Å². The van der Waals surface area contributed by atoms with E-state index in [1.165, 1.54) is 58.1 Å². The van der Waals surface area contributed by atoms with Gasteiger partial charge in [-0.3, -0.25) is 0 Å². The zero-order valence-corrected chi connectivity index (χ0v) is 48.1. The van der Waals surface area contributed by atoms with Gasteiger partial charge in [0.25, 0.3) is 0 Å². The number of rotatable bonds is 10. The van der Waals surface area contributed by atoms with Crippen molar-refractivity contribution >= 4 is 127 Å². The average molecular weight is 1120 g/mol. The molecule has 0 amide bonds. The number of nitrogens with zero attached hydrogens (tertiary/aromatic N) is 2. The first-order valence-corrected chi connectivity index (χ1v) is 30.6. The molecule has 0 saturated heterocycles. The standard InChI is InChI=1S/C81H56N2O2S/c1-81(83(73-37-21-35-68-65-32-17-19-39-75(65)85-79(68)73)62-48-58(54-26-10-4-11-27-54)45-59(49-62)55-28-12-5-13-29-55)43-42-70-76(51-81)86-80-69-41-40-60(50-71(69)63-30-14-15-33-66(63)77(70)80)82(72-36-20-34-67-64-31-16-18-38-74(64)84-78(67)72)61-46-56(52-22-6-2-7-23-52)44-57(47-61)53-24-8-3-9-25-53/h2-28,30-42,44-51,55H,29,43H2,1H3. The van der Waals surface area contributed by atoms with Crippen LogP contribution < -0.4 is 19.6 Å². The Hall–Kier alpha value is -10.5. The maximum absolute atomic E-state index is 6.97. The molecule has 0 fully saturated rings. The van der Waals surface area contributed by atoms with Crippen molar-refractivity contribution in [3.8, 4) is 33.4 Å². The molecule has 0 N–H and O–H groups in total. The highest BCUT2D eigenvalue weighted by Crippen LogP contribution is 2.49. The Morgan fingerprint density at radius 2 is 0.988 bits per heavy atom. The van der Waals surface area contributed by atoms with Gasteiger partial charge in [0.05, 0.1) is 16.9 Å². The van der Waals surface area contributed by atoms with Crippen LogP contribution >= 0.6 is 11.3 Å². The Bertz CT molecular complexity index is 5340. The van der Waals surface area contributed by atoms with E-state index in [0.717, 1.165) is 107 Å². The predicted octanol–water partition coefficient (Wildman–Crippen LogP) is 21.6. The van der Waals surface area contributed by atoms with Gasteiger partial charge in [-0.05, 0) is 153 Å². The summed E-state index contributed by atoms with van der Waals surface area (Å²) < 4.78 is 16.4. The number of anilines is 5. The van der Waals surface area contributed by atoms with Crippen LogP contribution in [0.5, 0.6) is 0 Å². The molecule has 0 radical (unpaired) electrons. The number of benzene rings is 12. The third-order valence-electron chi connectivity index (χ3n) is 18.0. The molecule has 0 spiro atoms. The second kappa shape index (κ2) is 20.1. The van der Waals surface area contributed by atoms with Gasteiger partial charge in [0, 0.05) is 64.5 Å². The molecule has 4 nitrogen and oxygen atoms in total. The van der Waals surface area contributed by atoms with E-state index in [2.05, 4.69) is 308 Å². The maximum atomic E-state index is 6.97. The van der Waals surface area contributed by atoms with Gasteiger partial charge >= 0.3 is 0 Å². The summed E-state index contributed by atoms with van der Waals surface area (Å²) in [6, 6.07) is 92.9. The van der Waals surface area contributed by atoms with Gasteiger partial charge in [0.15, 0.2) is 11.2 Å². The largest absolute Gasteiger partial charge is 0.454 e. The number of furan rings is 2. The van der Waals surface area contributed by atoms with E-state index in [-0.39, 0.29) is 5.92 Å². The maximum Gasteiger partial charge on any atom is 0.159 e. The molecule has 0 bridgehead atoms. The van der Waals surface area contributed by atoms with E-state index in [0.29, 0.717) is 0 Å². The zero-order chi connectivity index (χ0) is 56.9. The van der Waals surface area contributed by atoms with Gasteiger partial charge in [0.1, 0.15) is 11.2 Å². The topological polar surface area (TPSA) is 32.8 Å². The zero-order valence-electron chi connectivity index (χ0n) is 47.3. The number of thiophene rings is 1. The van der Waals surface area contributed by atoms with Crippen LogP contribution in [0.25, 0.3) is 121 Å². The molecule has 0 aliphatic heterocycles. The van der Waals surface area contributed by atoms with Gasteiger partial charge in [-0.1, -0.05) is 218 Å². The average Bonchev–Trinajstić information content (AvgIpc) is 1.61. The van der Waals surface area contributed by atoms with Crippen LogP contribution in [0.1, 0.15) is 31.2 Å². The van der Waals surface area contributed by atoms with Crippen molar-refractivity contribution in [3.05, 3.63) is 294 Å². The molecule has 15 aromatic rings. The van der Waals surface area contributed by atoms with Crippen LogP contribution in [0.3, 0.4) is 0 Å². The lowest BCUT2D eigenvalue weighted by Crippen LogP contribution is -2.46. The number of allylic oxidation sites excluding steroid dienone is 4. The highest BCUT2D eigenvalue weighted by Gasteiger charge is 2.36. The molecule has 86 heavy (non-hydrogen) atoms. The van der Waals surface area contributed by atoms with Crippen molar-refractivity contribution in [1.29, 1.82) is 0 Å². The summed E-state index contributed by atoms with van der Waals surface area (Å²) >= 11 is 1.92. The summed E-state index contributed by atoms with van der Waals surface area (Å²) in [7, 11) is 0. The van der Waals surface area contributed by atoms with Crippen LogP contribution in [0, 0.1) is 0 Å². The fourth-order valence-corrected chi connectivity index (χ4v) is 15.4. The Morgan fingerprint density at radius 3 is 1.63 bits per heavy atom. The van der Waals surface area contributed by atoms with Gasteiger partial charge in [-0.2, -0.15) is 0 Å². The Morgan fingerprint density at radius 1 is 0.430 bits per heavy atom. The Labute approximate surface area is 502 Å². The fourth-order valence-electron chi connectivity index (χ4n) is 14.0. The first kappa shape index (κ1) is 50.1. The quantitative estimate of drug-likeness (QED) is 0.128. The molecular weight excluding hydrogens is 1060 g/mol. The van der Waals surface area contributed by atoms with Crippen LogP contribution in [0.2, 0.25) is 0 Å². The molecule has 2 unspecified atom stereocenters. The smallest absolute Gasteiger partial charge is 0.159 e. The third-order valence-corrected chi connectivity index (χ3v) is 19.2. The SMILES string of the molecule is CC1(N(c2cc(-c3ccccc3)cc(C3C=CC=CC3)c2)c2cccc3c2oc2ccccc23)C=c2sc3c4ccc(N(c5cc(-c6ccccc6)cc(-c6ccccc6)c5)c5cccc6c5oc5ccccc56)cc4c4ccccc4c3c2=CC1. The number of hydrogen-bond donors (Lipinski definition) is 0. The molecule has 0 saturated carbocycles. The lowest BCUT2D eigenvalue weighted by atomic mass is 9.86. The van der Waals surface area contributed by atoms with E-state index in [1.807, 2.05) is 11.3 Å². The van der Waals surface area contributed by atoms with Gasteiger partial charge < -0.3 is 18.6 Å². The van der Waals surface area contributed by atoms with Crippen molar-refractivity contribution in [3.63, 3.8) is 0 Å². The minimum Gasteiger partial charge on any atom is -0.454 e. The number of para-hydroxylation sites is 4. The molecule has 2 aliphatic carbocycles. The fraction of sp³-hybridized carbons (Fsp3) is 0.0617. The number of hydrogen-bond acceptors (Lipinski definition) is 5. The lowest BCUT2D eigenvalue weighted by Gasteiger charge is -2.42. The highest BCUT2D eigenvalue weighted by atomic mass is 32.1. The number of fused-ring (bicyclic) bond motifs is 14. The normalized spacial score (nSPS) is 15.7. The molecule has 2 atom stereocenters. The van der Waals surface area contributed by atoms with Crippen LogP contribution in [0.15, 0.2) is 288 Å². The summed E-state index contributed by atoms with van der Waals surface area (Å²) in [5.41, 5.74) is 16.4. The Kier molecular flexibility index (Phi) is 11.7. The van der Waals surface area contributed by atoms with E-state index in [4.69, 9.17) is 8.83 Å². The van der Waals surface area contributed by atoms with Crippen molar-refractivity contribution in [1.82, 2.24) is 0 Å².